The highest BCUT2D eigenvalue weighted by Gasteiger charge is 1.99. The third-order valence-electron chi connectivity index (χ3n) is 2.87. The minimum atomic E-state index is 0.733. The van der Waals surface area contributed by atoms with Crippen LogP contribution < -0.4 is 10.2 Å². The van der Waals surface area contributed by atoms with Crippen LogP contribution >= 0.6 is 0 Å². The topological polar surface area (TPSA) is 26.2 Å². The standard InChI is InChI=1S/C15H20N2O/c1-13-9-10-14(2)17(13)16-11-6-12-18-15-7-4-3-5-8-15/h3-5,7-10,16H,6,11-12H2,1-2H3. The number of aryl methyl sites for hydroxylation is 2. The summed E-state index contributed by atoms with van der Waals surface area (Å²) in [6, 6.07) is 14.2. The highest BCUT2D eigenvalue weighted by atomic mass is 16.5. The van der Waals surface area contributed by atoms with Crippen LogP contribution in [-0.4, -0.2) is 17.8 Å². The van der Waals surface area contributed by atoms with E-state index in [2.05, 4.69) is 36.1 Å². The fourth-order valence-electron chi connectivity index (χ4n) is 1.89. The third kappa shape index (κ3) is 3.29. The van der Waals surface area contributed by atoms with Gasteiger partial charge in [-0.2, -0.15) is 0 Å². The summed E-state index contributed by atoms with van der Waals surface area (Å²) in [6.07, 6.45) is 0.978. The van der Waals surface area contributed by atoms with Gasteiger partial charge in [-0.3, -0.25) is 4.68 Å². The van der Waals surface area contributed by atoms with E-state index in [4.69, 9.17) is 4.74 Å². The van der Waals surface area contributed by atoms with E-state index in [0.717, 1.165) is 25.3 Å². The van der Waals surface area contributed by atoms with Crippen LogP contribution in [0.15, 0.2) is 42.5 Å². The van der Waals surface area contributed by atoms with Gasteiger partial charge >= 0.3 is 0 Å². The lowest BCUT2D eigenvalue weighted by Crippen LogP contribution is -2.19. The molecule has 1 N–H and O–H groups in total. The smallest absolute Gasteiger partial charge is 0.119 e. The highest BCUT2D eigenvalue weighted by Crippen LogP contribution is 2.08. The fraction of sp³-hybridized carbons (Fsp3) is 0.333. The quantitative estimate of drug-likeness (QED) is 0.790. The predicted molar refractivity (Wildman–Crippen MR) is 74.7 cm³/mol. The van der Waals surface area contributed by atoms with Crippen molar-refractivity contribution in [3.8, 4) is 5.75 Å². The van der Waals surface area contributed by atoms with Gasteiger partial charge in [0.15, 0.2) is 0 Å². The molecule has 0 aliphatic rings. The molecule has 1 aromatic carbocycles. The number of nitrogens with one attached hydrogen (secondary N) is 1. The van der Waals surface area contributed by atoms with Crippen LogP contribution in [0.25, 0.3) is 0 Å². The Kier molecular flexibility index (Phi) is 4.29. The minimum absolute atomic E-state index is 0.733. The number of ether oxygens (including phenoxy) is 1. The molecule has 18 heavy (non-hydrogen) atoms. The van der Waals surface area contributed by atoms with Gasteiger partial charge in [-0.05, 0) is 38.1 Å². The Morgan fingerprint density at radius 1 is 1.00 bits per heavy atom. The van der Waals surface area contributed by atoms with Crippen molar-refractivity contribution < 1.29 is 4.74 Å². The largest absolute Gasteiger partial charge is 0.494 e. The summed E-state index contributed by atoms with van der Waals surface area (Å²) in [6.45, 7) is 5.83. The van der Waals surface area contributed by atoms with Crippen LogP contribution in [0.3, 0.4) is 0 Å². The zero-order valence-corrected chi connectivity index (χ0v) is 11.0. The van der Waals surface area contributed by atoms with Crippen molar-refractivity contribution in [2.45, 2.75) is 20.3 Å². The average molecular weight is 244 g/mol. The molecule has 0 unspecified atom stereocenters. The van der Waals surface area contributed by atoms with Crippen molar-refractivity contribution in [1.82, 2.24) is 4.68 Å². The Labute approximate surface area is 108 Å². The summed E-state index contributed by atoms with van der Waals surface area (Å²) < 4.78 is 7.75. The van der Waals surface area contributed by atoms with E-state index >= 15 is 0 Å². The lowest BCUT2D eigenvalue weighted by atomic mass is 10.3. The monoisotopic (exact) mass is 244 g/mol. The molecule has 0 saturated carbocycles. The maximum atomic E-state index is 5.64. The molecule has 3 heteroatoms. The molecule has 0 amide bonds. The van der Waals surface area contributed by atoms with Crippen LogP contribution in [0.2, 0.25) is 0 Å². The van der Waals surface area contributed by atoms with E-state index in [1.807, 2.05) is 30.3 Å². The van der Waals surface area contributed by atoms with Gasteiger partial charge in [0.25, 0.3) is 0 Å². The summed E-state index contributed by atoms with van der Waals surface area (Å²) in [5.41, 5.74) is 5.85. The van der Waals surface area contributed by atoms with Crippen LogP contribution in [-0.2, 0) is 0 Å². The first kappa shape index (κ1) is 12.6. The number of aromatic nitrogens is 1. The molecular weight excluding hydrogens is 224 g/mol. The molecule has 0 aliphatic carbocycles. The normalized spacial score (nSPS) is 10.3. The Balaban J connectivity index is 1.68. The summed E-state index contributed by atoms with van der Waals surface area (Å²) >= 11 is 0. The third-order valence-corrected chi connectivity index (χ3v) is 2.87. The predicted octanol–water partition coefficient (Wildman–Crippen LogP) is 3.12. The Bertz CT molecular complexity index is 457. The van der Waals surface area contributed by atoms with Gasteiger partial charge < -0.3 is 10.2 Å². The van der Waals surface area contributed by atoms with E-state index in [0.29, 0.717) is 0 Å². The Morgan fingerprint density at radius 3 is 2.33 bits per heavy atom. The Morgan fingerprint density at radius 2 is 1.67 bits per heavy atom. The SMILES string of the molecule is Cc1ccc(C)n1NCCCOc1ccccc1. The number of nitrogens with zero attached hydrogens (tertiary/aromatic N) is 1. The Hall–Kier alpha value is -1.90. The zero-order valence-electron chi connectivity index (χ0n) is 11.0. The molecule has 0 aliphatic heterocycles. The van der Waals surface area contributed by atoms with Crippen molar-refractivity contribution in [2.75, 3.05) is 18.6 Å². The maximum absolute atomic E-state index is 5.64. The molecule has 0 fully saturated rings. The number of benzene rings is 1. The molecule has 3 nitrogen and oxygen atoms in total. The van der Waals surface area contributed by atoms with Crippen molar-refractivity contribution in [3.63, 3.8) is 0 Å². The first-order valence-electron chi connectivity index (χ1n) is 6.34. The van der Waals surface area contributed by atoms with E-state index < -0.39 is 0 Å². The molecule has 2 rings (SSSR count). The highest BCUT2D eigenvalue weighted by molar-refractivity contribution is 5.20. The van der Waals surface area contributed by atoms with Gasteiger partial charge in [-0.15, -0.1) is 0 Å². The molecule has 0 atom stereocenters. The van der Waals surface area contributed by atoms with Crippen molar-refractivity contribution in [1.29, 1.82) is 0 Å². The van der Waals surface area contributed by atoms with Gasteiger partial charge in [-0.25, -0.2) is 0 Å². The van der Waals surface area contributed by atoms with Crippen molar-refractivity contribution >= 4 is 0 Å². The lowest BCUT2D eigenvalue weighted by molar-refractivity contribution is 0.313. The second kappa shape index (κ2) is 6.15. The fourth-order valence-corrected chi connectivity index (χ4v) is 1.89. The molecule has 1 aromatic heterocycles. The van der Waals surface area contributed by atoms with Gasteiger partial charge in [-0.1, -0.05) is 18.2 Å². The van der Waals surface area contributed by atoms with Crippen molar-refractivity contribution in [2.24, 2.45) is 0 Å². The van der Waals surface area contributed by atoms with Crippen LogP contribution in [0.5, 0.6) is 5.75 Å². The maximum Gasteiger partial charge on any atom is 0.119 e. The van der Waals surface area contributed by atoms with Crippen LogP contribution in [0.1, 0.15) is 17.8 Å². The average Bonchev–Trinajstić information content (AvgIpc) is 2.71. The number of rotatable bonds is 6. The summed E-state index contributed by atoms with van der Waals surface area (Å²) in [4.78, 5) is 0. The molecule has 0 bridgehead atoms. The molecule has 1 heterocycles. The van der Waals surface area contributed by atoms with Gasteiger partial charge in [0.2, 0.25) is 0 Å². The van der Waals surface area contributed by atoms with E-state index in [1.54, 1.807) is 0 Å². The molecule has 2 aromatic rings. The first-order valence-corrected chi connectivity index (χ1v) is 6.34. The first-order chi connectivity index (χ1) is 8.77. The second-order valence-electron chi connectivity index (χ2n) is 4.37. The van der Waals surface area contributed by atoms with Crippen LogP contribution in [0.4, 0.5) is 0 Å². The zero-order chi connectivity index (χ0) is 12.8. The molecule has 0 spiro atoms. The molecule has 96 valence electrons. The molecular formula is C15H20N2O. The number of hydrogen-bond acceptors (Lipinski definition) is 2. The van der Waals surface area contributed by atoms with Gasteiger partial charge in [0, 0.05) is 24.4 Å². The minimum Gasteiger partial charge on any atom is -0.494 e. The molecule has 0 saturated heterocycles. The van der Waals surface area contributed by atoms with Gasteiger partial charge in [0.1, 0.15) is 5.75 Å². The van der Waals surface area contributed by atoms with Crippen LogP contribution in [0, 0.1) is 13.8 Å². The van der Waals surface area contributed by atoms with E-state index in [1.165, 1.54) is 11.4 Å². The lowest BCUT2D eigenvalue weighted by Gasteiger charge is -2.12. The van der Waals surface area contributed by atoms with E-state index in [-0.39, 0.29) is 0 Å². The summed E-state index contributed by atoms with van der Waals surface area (Å²) in [7, 11) is 0. The van der Waals surface area contributed by atoms with Gasteiger partial charge in [0.05, 0.1) is 6.61 Å². The molecule has 0 radical (unpaired) electrons. The summed E-state index contributed by atoms with van der Waals surface area (Å²) in [5.74, 6) is 0.936. The number of para-hydroxylation sites is 1. The summed E-state index contributed by atoms with van der Waals surface area (Å²) in [5, 5.41) is 0. The van der Waals surface area contributed by atoms with E-state index in [9.17, 15) is 0 Å². The van der Waals surface area contributed by atoms with Crippen molar-refractivity contribution in [3.05, 3.63) is 53.9 Å². The number of hydrogen-bond donors (Lipinski definition) is 1. The second-order valence-corrected chi connectivity index (χ2v) is 4.37.